The molecule has 2 aromatic rings. The van der Waals surface area contributed by atoms with E-state index >= 15 is 0 Å². The minimum atomic E-state index is -1.15. The minimum Gasteiger partial charge on any atom is -0.317 e. The maximum atomic E-state index is 14.2. The molecular weight excluding hydrogens is 341 g/mol. The lowest BCUT2D eigenvalue weighted by atomic mass is 9.70. The SMILES string of the molecule is CC1N(C(=O)c2cccc(F)c2F)c2ccc(F)cc2C12CCNCC2. The van der Waals surface area contributed by atoms with Gasteiger partial charge in [0, 0.05) is 17.1 Å². The van der Waals surface area contributed by atoms with Crippen molar-refractivity contribution in [3.63, 3.8) is 0 Å². The molecule has 0 aliphatic carbocycles. The van der Waals surface area contributed by atoms with Gasteiger partial charge in [0.05, 0.1) is 5.56 Å². The molecule has 1 spiro atoms. The van der Waals surface area contributed by atoms with Gasteiger partial charge >= 0.3 is 0 Å². The van der Waals surface area contributed by atoms with Crippen molar-refractivity contribution in [3.8, 4) is 0 Å². The van der Waals surface area contributed by atoms with Gasteiger partial charge in [0.25, 0.3) is 5.91 Å². The van der Waals surface area contributed by atoms with Gasteiger partial charge < -0.3 is 10.2 Å². The van der Waals surface area contributed by atoms with Crippen LogP contribution in [-0.2, 0) is 5.41 Å². The molecule has 26 heavy (non-hydrogen) atoms. The molecule has 0 radical (unpaired) electrons. The lowest BCUT2D eigenvalue weighted by molar-refractivity contribution is 0.0963. The molecule has 2 aliphatic heterocycles. The molecule has 1 atom stereocenters. The maximum absolute atomic E-state index is 14.2. The van der Waals surface area contributed by atoms with Crippen LogP contribution in [-0.4, -0.2) is 25.0 Å². The second-order valence-corrected chi connectivity index (χ2v) is 7.02. The van der Waals surface area contributed by atoms with Gasteiger partial charge in [0.15, 0.2) is 11.6 Å². The number of benzene rings is 2. The van der Waals surface area contributed by atoms with Crippen LogP contribution < -0.4 is 10.2 Å². The Morgan fingerprint density at radius 2 is 1.88 bits per heavy atom. The van der Waals surface area contributed by atoms with Gasteiger partial charge in [0.1, 0.15) is 5.82 Å². The summed E-state index contributed by atoms with van der Waals surface area (Å²) < 4.78 is 41.8. The van der Waals surface area contributed by atoms with Crippen molar-refractivity contribution in [1.82, 2.24) is 5.32 Å². The van der Waals surface area contributed by atoms with E-state index < -0.39 is 17.5 Å². The van der Waals surface area contributed by atoms with Gasteiger partial charge in [-0.15, -0.1) is 0 Å². The van der Waals surface area contributed by atoms with Gasteiger partial charge in [-0.25, -0.2) is 13.2 Å². The zero-order valence-electron chi connectivity index (χ0n) is 14.4. The summed E-state index contributed by atoms with van der Waals surface area (Å²) in [6.45, 7) is 3.42. The Labute approximate surface area is 149 Å². The molecule has 2 heterocycles. The van der Waals surface area contributed by atoms with Crippen LogP contribution in [0.1, 0.15) is 35.7 Å². The molecule has 2 aliphatic rings. The van der Waals surface area contributed by atoms with Crippen LogP contribution in [0.3, 0.4) is 0 Å². The molecule has 0 saturated carbocycles. The fourth-order valence-electron chi connectivity index (χ4n) is 4.44. The molecule has 1 unspecified atom stereocenters. The molecule has 1 amide bonds. The van der Waals surface area contributed by atoms with E-state index in [4.69, 9.17) is 0 Å². The number of hydrogen-bond acceptors (Lipinski definition) is 2. The average Bonchev–Trinajstić information content (AvgIpc) is 2.86. The van der Waals surface area contributed by atoms with Crippen molar-refractivity contribution in [2.24, 2.45) is 0 Å². The van der Waals surface area contributed by atoms with Gasteiger partial charge in [-0.05, 0) is 68.8 Å². The summed E-state index contributed by atoms with van der Waals surface area (Å²) in [6.07, 6.45) is 1.50. The molecular formula is C20H19F3N2O. The van der Waals surface area contributed by atoms with E-state index in [2.05, 4.69) is 5.32 Å². The summed E-state index contributed by atoms with van der Waals surface area (Å²) in [6, 6.07) is 7.64. The third kappa shape index (κ3) is 2.35. The molecule has 6 heteroatoms. The number of carbonyl (C=O) groups excluding carboxylic acids is 1. The highest BCUT2D eigenvalue weighted by molar-refractivity contribution is 6.08. The normalized spacial score (nSPS) is 21.1. The van der Waals surface area contributed by atoms with Gasteiger partial charge in [0.2, 0.25) is 0 Å². The van der Waals surface area contributed by atoms with Crippen LogP contribution >= 0.6 is 0 Å². The lowest BCUT2D eigenvalue weighted by Gasteiger charge is -2.40. The number of hydrogen-bond donors (Lipinski definition) is 1. The largest absolute Gasteiger partial charge is 0.317 e. The highest BCUT2D eigenvalue weighted by atomic mass is 19.2. The number of piperidine rings is 1. The number of carbonyl (C=O) groups is 1. The molecule has 0 aromatic heterocycles. The second-order valence-electron chi connectivity index (χ2n) is 7.02. The Bertz CT molecular complexity index is 877. The summed E-state index contributed by atoms with van der Waals surface area (Å²) >= 11 is 0. The van der Waals surface area contributed by atoms with Crippen LogP contribution in [0.15, 0.2) is 36.4 Å². The van der Waals surface area contributed by atoms with Crippen LogP contribution in [0.4, 0.5) is 18.9 Å². The number of rotatable bonds is 1. The molecule has 0 bridgehead atoms. The van der Waals surface area contributed by atoms with E-state index in [1.54, 1.807) is 6.07 Å². The fraction of sp³-hybridized carbons (Fsp3) is 0.350. The van der Waals surface area contributed by atoms with E-state index in [1.165, 1.54) is 29.2 Å². The predicted octanol–water partition coefficient (Wildman–Crippen LogP) is 3.77. The van der Waals surface area contributed by atoms with E-state index in [-0.39, 0.29) is 22.8 Å². The summed E-state index contributed by atoms with van der Waals surface area (Å²) in [4.78, 5) is 14.6. The van der Waals surface area contributed by atoms with E-state index in [0.717, 1.165) is 37.6 Å². The van der Waals surface area contributed by atoms with Gasteiger partial charge in [-0.2, -0.15) is 0 Å². The van der Waals surface area contributed by atoms with E-state index in [0.29, 0.717) is 5.69 Å². The predicted molar refractivity (Wildman–Crippen MR) is 92.8 cm³/mol. The number of anilines is 1. The van der Waals surface area contributed by atoms with Crippen LogP contribution in [0.5, 0.6) is 0 Å². The number of nitrogens with one attached hydrogen (secondary N) is 1. The number of nitrogens with zero attached hydrogens (tertiary/aromatic N) is 1. The maximum Gasteiger partial charge on any atom is 0.261 e. The zero-order valence-corrected chi connectivity index (χ0v) is 14.4. The molecule has 136 valence electrons. The lowest BCUT2D eigenvalue weighted by Crippen LogP contribution is -2.50. The van der Waals surface area contributed by atoms with Gasteiger partial charge in [-0.3, -0.25) is 4.79 Å². The van der Waals surface area contributed by atoms with E-state index in [9.17, 15) is 18.0 Å². The third-order valence-corrected chi connectivity index (χ3v) is 5.84. The zero-order chi connectivity index (χ0) is 18.5. The van der Waals surface area contributed by atoms with Crippen molar-refractivity contribution in [1.29, 1.82) is 0 Å². The first kappa shape index (κ1) is 17.1. The first-order valence-corrected chi connectivity index (χ1v) is 8.74. The van der Waals surface area contributed by atoms with Gasteiger partial charge in [-0.1, -0.05) is 6.07 Å². The molecule has 4 rings (SSSR count). The standard InChI is InChI=1S/C20H19F3N2O/c1-12-20(7-9-24-10-8-20)15-11-13(21)5-6-17(15)25(12)19(26)14-3-2-4-16(22)18(14)23/h2-6,11-12,24H,7-10H2,1H3. The monoisotopic (exact) mass is 360 g/mol. The third-order valence-electron chi connectivity index (χ3n) is 5.84. The summed E-state index contributed by atoms with van der Waals surface area (Å²) in [5, 5.41) is 3.29. The molecule has 1 N–H and O–H groups in total. The Morgan fingerprint density at radius 1 is 1.15 bits per heavy atom. The first-order valence-electron chi connectivity index (χ1n) is 8.74. The van der Waals surface area contributed by atoms with Crippen molar-refractivity contribution in [2.45, 2.75) is 31.2 Å². The summed E-state index contributed by atoms with van der Waals surface area (Å²) in [7, 11) is 0. The minimum absolute atomic E-state index is 0.281. The van der Waals surface area contributed by atoms with Crippen LogP contribution in [0, 0.1) is 17.5 Å². The smallest absolute Gasteiger partial charge is 0.261 e. The summed E-state index contributed by atoms with van der Waals surface area (Å²) in [5.74, 6) is -3.17. The van der Waals surface area contributed by atoms with Crippen molar-refractivity contribution < 1.29 is 18.0 Å². The van der Waals surface area contributed by atoms with Crippen molar-refractivity contribution in [3.05, 3.63) is 65.0 Å². The van der Waals surface area contributed by atoms with Crippen LogP contribution in [0.25, 0.3) is 0 Å². The Kier molecular flexibility index (Phi) is 4.03. The average molecular weight is 360 g/mol. The van der Waals surface area contributed by atoms with Crippen molar-refractivity contribution >= 4 is 11.6 Å². The first-order chi connectivity index (χ1) is 12.5. The highest BCUT2D eigenvalue weighted by Crippen LogP contribution is 2.51. The Balaban J connectivity index is 1.85. The Hall–Kier alpha value is -2.34. The number of halogens is 3. The topological polar surface area (TPSA) is 32.3 Å². The molecule has 1 saturated heterocycles. The second kappa shape index (κ2) is 6.13. The quantitative estimate of drug-likeness (QED) is 0.840. The van der Waals surface area contributed by atoms with Crippen molar-refractivity contribution in [2.75, 3.05) is 18.0 Å². The number of amides is 1. The Morgan fingerprint density at radius 3 is 2.62 bits per heavy atom. The van der Waals surface area contributed by atoms with E-state index in [1.807, 2.05) is 6.92 Å². The molecule has 3 nitrogen and oxygen atoms in total. The molecule has 2 aromatic carbocycles. The fourth-order valence-corrected chi connectivity index (χ4v) is 4.44. The van der Waals surface area contributed by atoms with Crippen LogP contribution in [0.2, 0.25) is 0 Å². The number of fused-ring (bicyclic) bond motifs is 2. The summed E-state index contributed by atoms with van der Waals surface area (Å²) in [5.41, 5.74) is 0.659. The highest BCUT2D eigenvalue weighted by Gasteiger charge is 2.51. The molecule has 1 fully saturated rings.